The third-order valence-electron chi connectivity index (χ3n) is 0.189. The summed E-state index contributed by atoms with van der Waals surface area (Å²) in [5.74, 6) is 0. The largest absolute Gasteiger partial charge is 1.00 e. The first-order valence-electron chi connectivity index (χ1n) is 1.10. The Labute approximate surface area is 77.7 Å². The van der Waals surface area contributed by atoms with Gasteiger partial charge in [0.25, 0.3) is 0 Å². The Balaban J connectivity index is 0. The summed E-state index contributed by atoms with van der Waals surface area (Å²) in [6.07, 6.45) is 0. The second-order valence-electron chi connectivity index (χ2n) is 0.680. The van der Waals surface area contributed by atoms with Gasteiger partial charge in [0.15, 0.2) is 0 Å². The van der Waals surface area contributed by atoms with Gasteiger partial charge < -0.3 is 4.55 Å². The van der Waals surface area contributed by atoms with Crippen LogP contribution in [0.3, 0.4) is 0 Å². The van der Waals surface area contributed by atoms with Gasteiger partial charge in [0, 0.05) is 27.0 Å². The second kappa shape index (κ2) is 4.29. The molecule has 7 heteroatoms. The summed E-state index contributed by atoms with van der Waals surface area (Å²) in [7, 11) is 0. The summed E-state index contributed by atoms with van der Waals surface area (Å²) < 4.78 is 37.0. The van der Waals surface area contributed by atoms with E-state index in [0.717, 1.165) is 0 Å². The van der Waals surface area contributed by atoms with E-state index in [2.05, 4.69) is 0 Å². The van der Waals surface area contributed by atoms with E-state index >= 15 is 0 Å². The predicted octanol–water partition coefficient (Wildman–Crippen LogP) is -2.19. The molecule has 0 saturated heterocycles. The molecule has 2 nitrogen and oxygen atoms in total. The zero-order chi connectivity index (χ0) is 6.08. The van der Waals surface area contributed by atoms with Gasteiger partial charge in [-0.15, -0.1) is 0 Å². The standard InChI is InChI=1S/CHBrF2O2S.Na/c2-1(3,4)7(5)6;/h(H,5,6);/q;+1/p-1. The van der Waals surface area contributed by atoms with Crippen molar-refractivity contribution in [3.05, 3.63) is 0 Å². The number of rotatable bonds is 1. The van der Waals surface area contributed by atoms with Gasteiger partial charge >= 0.3 is 33.7 Å². The van der Waals surface area contributed by atoms with E-state index in [1.807, 2.05) is 0 Å². The molecule has 0 aromatic heterocycles. The molecule has 0 aliphatic rings. The molecule has 0 bridgehead atoms. The van der Waals surface area contributed by atoms with Crippen LogP contribution in [0.2, 0.25) is 0 Å². The number of hydrogen-bond donors (Lipinski definition) is 0. The maximum atomic E-state index is 11.1. The van der Waals surface area contributed by atoms with Crippen LogP contribution in [0.25, 0.3) is 0 Å². The Bertz CT molecular complexity index is 92.5. The molecule has 1 unspecified atom stereocenters. The van der Waals surface area contributed by atoms with E-state index in [-0.39, 0.29) is 29.6 Å². The molecule has 0 heterocycles. The molecule has 0 N–H and O–H groups in total. The molecule has 44 valence electrons. The monoisotopic (exact) mass is 216 g/mol. The summed E-state index contributed by atoms with van der Waals surface area (Å²) in [5, 5.41) is 0. The third kappa shape index (κ3) is 5.58. The summed E-state index contributed by atoms with van der Waals surface area (Å²) in [6, 6.07) is 0. The molecule has 0 spiro atoms. The van der Waals surface area contributed by atoms with Gasteiger partial charge in [-0.25, -0.2) is 0 Å². The minimum absolute atomic E-state index is 0. The van der Waals surface area contributed by atoms with Crippen molar-refractivity contribution in [3.8, 4) is 0 Å². The van der Waals surface area contributed by atoms with Crippen LogP contribution >= 0.6 is 15.9 Å². The van der Waals surface area contributed by atoms with Crippen molar-refractivity contribution in [2.75, 3.05) is 0 Å². The minimum atomic E-state index is -3.77. The number of hydrogen-bond acceptors (Lipinski definition) is 2. The average molecular weight is 217 g/mol. The average Bonchev–Trinajstić information content (AvgIpc) is 1.31. The third-order valence-corrected chi connectivity index (χ3v) is 1.36. The van der Waals surface area contributed by atoms with Crippen LogP contribution in [0, 0.1) is 0 Å². The van der Waals surface area contributed by atoms with Crippen molar-refractivity contribution < 1.29 is 47.1 Å². The molecule has 1 atom stereocenters. The molecule has 0 rings (SSSR count). The van der Waals surface area contributed by atoms with Gasteiger partial charge in [-0.1, -0.05) is 0 Å². The molecule has 0 amide bonds. The molecule has 0 radical (unpaired) electrons. The first-order valence-corrected chi connectivity index (χ1v) is 2.97. The van der Waals surface area contributed by atoms with Gasteiger partial charge in [0.05, 0.1) is 0 Å². The first kappa shape index (κ1) is 12.2. The zero-order valence-electron chi connectivity index (χ0n) is 3.86. The van der Waals surface area contributed by atoms with Crippen LogP contribution in [0.4, 0.5) is 8.78 Å². The summed E-state index contributed by atoms with van der Waals surface area (Å²) in [4.78, 5) is 0. The molecule has 0 fully saturated rings. The molecule has 0 aromatic carbocycles. The molecular weight excluding hydrogens is 217 g/mol. The van der Waals surface area contributed by atoms with Crippen molar-refractivity contribution in [1.29, 1.82) is 0 Å². The van der Waals surface area contributed by atoms with Crippen molar-refractivity contribution in [2.24, 2.45) is 0 Å². The zero-order valence-corrected chi connectivity index (χ0v) is 8.26. The van der Waals surface area contributed by atoms with Gasteiger partial charge in [-0.2, -0.15) is 8.78 Å². The van der Waals surface area contributed by atoms with Crippen molar-refractivity contribution in [3.63, 3.8) is 0 Å². The van der Waals surface area contributed by atoms with Crippen LogP contribution in [0.15, 0.2) is 0 Å². The summed E-state index contributed by atoms with van der Waals surface area (Å²) >= 11 is -1.75. The summed E-state index contributed by atoms with van der Waals surface area (Å²) in [6.45, 7) is 0. The predicted molar refractivity (Wildman–Crippen MR) is 22.8 cm³/mol. The Kier molecular flexibility index (Phi) is 6.53. The van der Waals surface area contributed by atoms with E-state index in [0.29, 0.717) is 0 Å². The van der Waals surface area contributed by atoms with Crippen molar-refractivity contribution in [1.82, 2.24) is 0 Å². The molecule has 0 aliphatic carbocycles. The number of halogens is 3. The first-order chi connectivity index (χ1) is 2.94. The van der Waals surface area contributed by atoms with Crippen LogP contribution in [0.1, 0.15) is 0 Å². The van der Waals surface area contributed by atoms with Crippen molar-refractivity contribution in [2.45, 2.75) is 4.16 Å². The normalized spacial score (nSPS) is 14.5. The fourth-order valence-corrected chi connectivity index (χ4v) is 0. The molecular formula is CBrF2NaO2S. The second-order valence-corrected chi connectivity index (χ2v) is 3.18. The Morgan fingerprint density at radius 1 is 1.62 bits per heavy atom. The van der Waals surface area contributed by atoms with Gasteiger partial charge in [0.2, 0.25) is 0 Å². The van der Waals surface area contributed by atoms with Crippen LogP contribution in [-0.2, 0) is 11.1 Å². The van der Waals surface area contributed by atoms with Crippen molar-refractivity contribution >= 4 is 27.0 Å². The van der Waals surface area contributed by atoms with Gasteiger partial charge in [-0.3, -0.25) is 4.21 Å². The molecule has 0 aliphatic heterocycles. The smallest absolute Gasteiger partial charge is 0.767 e. The van der Waals surface area contributed by atoms with E-state index in [9.17, 15) is 17.5 Å². The number of alkyl halides is 3. The van der Waals surface area contributed by atoms with E-state index in [1.165, 1.54) is 0 Å². The Hall–Kier alpha value is 1.45. The van der Waals surface area contributed by atoms with Crippen LogP contribution < -0.4 is 29.6 Å². The fraction of sp³-hybridized carbons (Fsp3) is 1.00. The molecule has 8 heavy (non-hydrogen) atoms. The summed E-state index contributed by atoms with van der Waals surface area (Å²) in [5.41, 5.74) is 0. The van der Waals surface area contributed by atoms with Crippen LogP contribution in [-0.4, -0.2) is 12.9 Å². The van der Waals surface area contributed by atoms with Gasteiger partial charge in [-0.05, 0) is 0 Å². The van der Waals surface area contributed by atoms with Crippen LogP contribution in [0.5, 0.6) is 0 Å². The fourth-order valence-electron chi connectivity index (χ4n) is 0. The maximum absolute atomic E-state index is 11.1. The van der Waals surface area contributed by atoms with Gasteiger partial charge in [0.1, 0.15) is 0 Å². The van der Waals surface area contributed by atoms with E-state index in [4.69, 9.17) is 0 Å². The Morgan fingerprint density at radius 3 is 1.75 bits per heavy atom. The quantitative estimate of drug-likeness (QED) is 0.284. The Morgan fingerprint density at radius 2 is 1.75 bits per heavy atom. The van der Waals surface area contributed by atoms with E-state index < -0.39 is 15.2 Å². The van der Waals surface area contributed by atoms with E-state index in [1.54, 1.807) is 15.9 Å². The maximum Gasteiger partial charge on any atom is 1.00 e. The topological polar surface area (TPSA) is 40.1 Å². The SMILES string of the molecule is O=S([O-])C(F)(F)Br.[Na+]. The molecule has 0 aromatic rings. The minimum Gasteiger partial charge on any atom is -0.767 e. The molecule has 0 saturated carbocycles.